The Morgan fingerprint density at radius 2 is 1.47 bits per heavy atom. The summed E-state index contributed by atoms with van der Waals surface area (Å²) >= 11 is 12.2. The summed E-state index contributed by atoms with van der Waals surface area (Å²) in [5, 5.41) is 1.38. The fourth-order valence-corrected chi connectivity index (χ4v) is 6.55. The van der Waals surface area contributed by atoms with E-state index in [-0.39, 0.29) is 18.0 Å². The highest BCUT2D eigenvalue weighted by Crippen LogP contribution is 2.66. The van der Waals surface area contributed by atoms with Crippen LogP contribution in [-0.4, -0.2) is 66.6 Å². The monoisotopic (exact) mass is 558 g/mol. The summed E-state index contributed by atoms with van der Waals surface area (Å²) in [5.41, 5.74) is -0.0236. The number of carbonyl (C=O) groups excluding carboxylic acids is 2. The predicted molar refractivity (Wildman–Crippen MR) is 148 cm³/mol. The zero-order chi connectivity index (χ0) is 27.1. The van der Waals surface area contributed by atoms with Gasteiger partial charge in [0, 0.05) is 54.8 Å². The molecule has 0 N–H and O–H groups in total. The lowest BCUT2D eigenvalue weighted by atomic mass is 9.66. The molecule has 204 valence electrons. The average molecular weight is 560 g/mol. The Labute approximate surface area is 235 Å². The van der Waals surface area contributed by atoms with Gasteiger partial charge in [-0.1, -0.05) is 61.3 Å². The molecule has 38 heavy (non-hydrogen) atoms. The molecule has 5 rings (SSSR count). The topological polar surface area (TPSA) is 59.1 Å². The SMILES string of the molecule is CC12CCC(C(=O)N3CCN(CCCOC(c4ccc(Cl)cc4)c4ccc(Cl)cc4)CC3)(OC1=O)C2(C)C. The quantitative estimate of drug-likeness (QED) is 0.304. The third kappa shape index (κ3) is 4.64. The summed E-state index contributed by atoms with van der Waals surface area (Å²) in [6.45, 7) is 10.3. The number of fused-ring (bicyclic) bond motifs is 2. The number of esters is 1. The van der Waals surface area contributed by atoms with Gasteiger partial charge in [-0.05, 0) is 61.6 Å². The summed E-state index contributed by atoms with van der Waals surface area (Å²) in [7, 11) is 0. The Bertz CT molecular complexity index is 1130. The van der Waals surface area contributed by atoms with Crippen molar-refractivity contribution >= 4 is 35.1 Å². The van der Waals surface area contributed by atoms with Crippen LogP contribution in [0.5, 0.6) is 0 Å². The van der Waals surface area contributed by atoms with Crippen LogP contribution < -0.4 is 0 Å². The van der Waals surface area contributed by atoms with E-state index < -0.39 is 16.4 Å². The number of carbonyl (C=O) groups is 2. The molecule has 1 aliphatic carbocycles. The van der Waals surface area contributed by atoms with Crippen molar-refractivity contribution < 1.29 is 19.1 Å². The second-order valence-corrected chi connectivity index (χ2v) is 12.4. The van der Waals surface area contributed by atoms with Crippen molar-refractivity contribution in [2.24, 2.45) is 10.8 Å². The van der Waals surface area contributed by atoms with Crippen LogP contribution in [0.15, 0.2) is 48.5 Å². The molecule has 3 fully saturated rings. The number of halogens is 2. The summed E-state index contributed by atoms with van der Waals surface area (Å²) < 4.78 is 12.2. The second kappa shape index (κ2) is 10.5. The zero-order valence-corrected chi connectivity index (χ0v) is 23.9. The fourth-order valence-electron chi connectivity index (χ4n) is 6.30. The number of amides is 1. The summed E-state index contributed by atoms with van der Waals surface area (Å²) in [6.07, 6.45) is 1.99. The third-order valence-electron chi connectivity index (χ3n) is 9.34. The van der Waals surface area contributed by atoms with Gasteiger partial charge in [-0.3, -0.25) is 14.5 Å². The molecule has 2 saturated heterocycles. The first-order valence-corrected chi connectivity index (χ1v) is 14.2. The molecule has 2 unspecified atom stereocenters. The minimum Gasteiger partial charge on any atom is -0.448 e. The minimum atomic E-state index is -1.02. The van der Waals surface area contributed by atoms with Crippen molar-refractivity contribution in [3.63, 3.8) is 0 Å². The highest BCUT2D eigenvalue weighted by Gasteiger charge is 2.76. The third-order valence-corrected chi connectivity index (χ3v) is 9.84. The largest absolute Gasteiger partial charge is 0.448 e. The molecule has 2 heterocycles. The van der Waals surface area contributed by atoms with Gasteiger partial charge >= 0.3 is 5.97 Å². The number of hydrogen-bond acceptors (Lipinski definition) is 5. The van der Waals surface area contributed by atoms with E-state index in [9.17, 15) is 9.59 Å². The van der Waals surface area contributed by atoms with Gasteiger partial charge in [-0.15, -0.1) is 0 Å². The molecule has 1 saturated carbocycles. The first-order valence-electron chi connectivity index (χ1n) is 13.5. The Hall–Kier alpha value is -2.12. The van der Waals surface area contributed by atoms with Crippen LogP contribution >= 0.6 is 23.2 Å². The molecule has 2 bridgehead atoms. The van der Waals surface area contributed by atoms with Crippen LogP contribution in [0, 0.1) is 10.8 Å². The van der Waals surface area contributed by atoms with E-state index in [1.165, 1.54) is 0 Å². The molecular formula is C30H36Cl2N2O4. The number of hydrogen-bond donors (Lipinski definition) is 0. The summed E-state index contributed by atoms with van der Waals surface area (Å²) in [6, 6.07) is 15.5. The highest BCUT2D eigenvalue weighted by atomic mass is 35.5. The predicted octanol–water partition coefficient (Wildman–Crippen LogP) is 5.76. The van der Waals surface area contributed by atoms with Crippen LogP contribution in [0.4, 0.5) is 0 Å². The molecule has 2 aromatic carbocycles. The van der Waals surface area contributed by atoms with Gasteiger partial charge < -0.3 is 14.4 Å². The number of rotatable bonds is 8. The van der Waals surface area contributed by atoms with Crippen LogP contribution in [-0.2, 0) is 19.1 Å². The van der Waals surface area contributed by atoms with Crippen molar-refractivity contribution in [2.45, 2.75) is 51.7 Å². The van der Waals surface area contributed by atoms with Crippen molar-refractivity contribution in [3.8, 4) is 0 Å². The molecule has 6 nitrogen and oxygen atoms in total. The lowest BCUT2D eigenvalue weighted by Crippen LogP contribution is -2.59. The van der Waals surface area contributed by atoms with Gasteiger partial charge in [0.15, 0.2) is 5.60 Å². The molecule has 8 heteroatoms. The first kappa shape index (κ1) is 27.4. The average Bonchev–Trinajstić information content (AvgIpc) is 3.20. The van der Waals surface area contributed by atoms with Crippen molar-refractivity contribution in [2.75, 3.05) is 39.3 Å². The van der Waals surface area contributed by atoms with E-state index in [1.54, 1.807) is 0 Å². The van der Waals surface area contributed by atoms with E-state index in [4.69, 9.17) is 32.7 Å². The van der Waals surface area contributed by atoms with E-state index in [0.717, 1.165) is 37.2 Å². The van der Waals surface area contributed by atoms with Gasteiger partial charge in [-0.2, -0.15) is 0 Å². The Kier molecular flexibility index (Phi) is 7.55. The fraction of sp³-hybridized carbons (Fsp3) is 0.533. The highest BCUT2D eigenvalue weighted by molar-refractivity contribution is 6.30. The normalized spacial score (nSPS) is 26.7. The lowest BCUT2D eigenvalue weighted by Gasteiger charge is -2.42. The maximum Gasteiger partial charge on any atom is 0.313 e. The second-order valence-electron chi connectivity index (χ2n) is 11.5. The molecule has 2 atom stereocenters. The number of ether oxygens (including phenoxy) is 2. The number of piperazine rings is 1. The summed E-state index contributed by atoms with van der Waals surface area (Å²) in [4.78, 5) is 30.5. The van der Waals surface area contributed by atoms with Gasteiger partial charge in [0.2, 0.25) is 0 Å². The zero-order valence-electron chi connectivity index (χ0n) is 22.3. The van der Waals surface area contributed by atoms with Crippen LogP contribution in [0.2, 0.25) is 10.0 Å². The van der Waals surface area contributed by atoms with Gasteiger partial charge in [-0.25, -0.2) is 0 Å². The smallest absolute Gasteiger partial charge is 0.313 e. The number of benzene rings is 2. The molecule has 0 aromatic heterocycles. The van der Waals surface area contributed by atoms with Crippen molar-refractivity contribution in [1.29, 1.82) is 0 Å². The molecule has 3 aliphatic rings. The molecule has 0 spiro atoms. The molecule has 0 radical (unpaired) electrons. The molecular weight excluding hydrogens is 523 g/mol. The van der Waals surface area contributed by atoms with Crippen molar-refractivity contribution in [1.82, 2.24) is 9.80 Å². The van der Waals surface area contributed by atoms with Gasteiger partial charge in [0.1, 0.15) is 6.10 Å². The van der Waals surface area contributed by atoms with E-state index in [2.05, 4.69) is 4.90 Å². The first-order chi connectivity index (χ1) is 18.1. The van der Waals surface area contributed by atoms with Crippen molar-refractivity contribution in [3.05, 3.63) is 69.7 Å². The molecule has 2 aromatic rings. The number of nitrogens with zero attached hydrogens (tertiary/aromatic N) is 2. The molecule has 2 aliphatic heterocycles. The Morgan fingerprint density at radius 1 is 0.921 bits per heavy atom. The minimum absolute atomic E-state index is 0.0196. The summed E-state index contributed by atoms with van der Waals surface area (Å²) in [5.74, 6) is -0.245. The van der Waals surface area contributed by atoms with E-state index in [0.29, 0.717) is 42.6 Å². The van der Waals surface area contributed by atoms with Gasteiger partial charge in [0.25, 0.3) is 5.91 Å². The lowest BCUT2D eigenvalue weighted by molar-refractivity contribution is -0.175. The van der Waals surface area contributed by atoms with Gasteiger partial charge in [0.05, 0.1) is 5.41 Å². The Morgan fingerprint density at radius 3 is 1.95 bits per heavy atom. The van der Waals surface area contributed by atoms with E-state index in [1.807, 2.05) is 74.2 Å². The maximum absolute atomic E-state index is 13.6. The molecule has 1 amide bonds. The maximum atomic E-state index is 13.6. The van der Waals surface area contributed by atoms with E-state index >= 15 is 0 Å². The Balaban J connectivity index is 1.13. The van der Waals surface area contributed by atoms with Crippen LogP contribution in [0.25, 0.3) is 0 Å². The van der Waals surface area contributed by atoms with Crippen LogP contribution in [0.3, 0.4) is 0 Å². The standard InChI is InChI=1S/C30H36Cl2N2O4/c1-28(2)29(3)13-14-30(28,38-27(29)36)26(35)34-18-16-33(17-19-34)15-4-20-37-25(21-5-9-23(31)10-6-21)22-7-11-24(32)12-8-22/h5-12,25H,4,13-20H2,1-3H3. The van der Waals surface area contributed by atoms with Crippen LogP contribution in [0.1, 0.15) is 57.3 Å².